The third kappa shape index (κ3) is 14.1. The first-order valence-electron chi connectivity index (χ1n) is 8.02. The van der Waals surface area contributed by atoms with Crippen LogP contribution in [0.15, 0.2) is 0 Å². The number of hydrogen-bond donors (Lipinski definition) is 4. The summed E-state index contributed by atoms with van der Waals surface area (Å²) in [5.74, 6) is 1.20. The molecule has 0 unspecified atom stereocenters. The normalized spacial score (nSPS) is 14.5. The highest BCUT2D eigenvalue weighted by atomic mass is 14.9. The highest BCUT2D eigenvalue weighted by molar-refractivity contribution is 4.58. The van der Waals surface area contributed by atoms with E-state index in [1.54, 1.807) is 0 Å². The lowest BCUT2D eigenvalue weighted by atomic mass is 10.1. The van der Waals surface area contributed by atoms with E-state index in [1.165, 1.54) is 32.1 Å². The molecule has 0 spiro atoms. The van der Waals surface area contributed by atoms with Crippen LogP contribution in [0.2, 0.25) is 0 Å². The summed E-state index contributed by atoms with van der Waals surface area (Å²) in [5, 5.41) is 6.92. The molecule has 0 amide bonds. The van der Waals surface area contributed by atoms with Crippen molar-refractivity contribution in [2.24, 2.45) is 23.3 Å². The van der Waals surface area contributed by atoms with Crippen molar-refractivity contribution in [1.29, 1.82) is 0 Å². The van der Waals surface area contributed by atoms with Crippen LogP contribution in [-0.2, 0) is 0 Å². The first kappa shape index (κ1) is 18.8. The quantitative estimate of drug-likeness (QED) is 0.360. The van der Waals surface area contributed by atoms with Gasteiger partial charge in [0, 0.05) is 0 Å². The molecule has 19 heavy (non-hydrogen) atoms. The lowest BCUT2D eigenvalue weighted by molar-refractivity contribution is 0.491. The van der Waals surface area contributed by atoms with Crippen molar-refractivity contribution in [2.75, 3.05) is 39.3 Å². The zero-order chi connectivity index (χ0) is 14.3. The second-order valence-electron chi connectivity index (χ2n) is 5.86. The fourth-order valence-electron chi connectivity index (χ4n) is 1.89. The minimum atomic E-state index is 0.599. The largest absolute Gasteiger partial charge is 0.330 e. The molecule has 0 rings (SSSR count). The number of hydrogen-bond acceptors (Lipinski definition) is 4. The summed E-state index contributed by atoms with van der Waals surface area (Å²) >= 11 is 0. The summed E-state index contributed by atoms with van der Waals surface area (Å²) < 4.78 is 0. The molecule has 0 aliphatic heterocycles. The second kappa shape index (κ2) is 14.3. The Morgan fingerprint density at radius 1 is 0.684 bits per heavy atom. The van der Waals surface area contributed by atoms with Gasteiger partial charge in [0.05, 0.1) is 0 Å². The van der Waals surface area contributed by atoms with Crippen LogP contribution in [0, 0.1) is 11.8 Å². The fourth-order valence-corrected chi connectivity index (χ4v) is 1.89. The van der Waals surface area contributed by atoms with Crippen LogP contribution in [0.3, 0.4) is 0 Å². The molecule has 6 N–H and O–H groups in total. The van der Waals surface area contributed by atoms with Crippen LogP contribution in [0.5, 0.6) is 0 Å². The Morgan fingerprint density at radius 3 is 1.42 bits per heavy atom. The molecule has 0 aromatic carbocycles. The number of rotatable bonds is 14. The van der Waals surface area contributed by atoms with E-state index >= 15 is 0 Å². The Labute approximate surface area is 120 Å². The van der Waals surface area contributed by atoms with Crippen molar-refractivity contribution in [3.05, 3.63) is 0 Å². The minimum Gasteiger partial charge on any atom is -0.330 e. The van der Waals surface area contributed by atoms with Gasteiger partial charge in [0.1, 0.15) is 0 Å². The van der Waals surface area contributed by atoms with Crippen molar-refractivity contribution in [2.45, 2.75) is 46.0 Å². The van der Waals surface area contributed by atoms with Gasteiger partial charge in [0.2, 0.25) is 0 Å². The van der Waals surface area contributed by atoms with Gasteiger partial charge < -0.3 is 22.1 Å². The Bertz CT molecular complexity index is 158. The minimum absolute atomic E-state index is 0.599. The van der Waals surface area contributed by atoms with Crippen LogP contribution >= 0.6 is 0 Å². The zero-order valence-electron chi connectivity index (χ0n) is 13.1. The van der Waals surface area contributed by atoms with E-state index < -0.39 is 0 Å². The summed E-state index contributed by atoms with van der Waals surface area (Å²) in [6.45, 7) is 10.3. The SMILES string of the molecule is C[C@@H](CN)CNCCCCCCCNC[C@@H](C)CN. The maximum Gasteiger partial charge on any atom is -0.00111 e. The van der Waals surface area contributed by atoms with Crippen LogP contribution in [-0.4, -0.2) is 39.3 Å². The highest BCUT2D eigenvalue weighted by Crippen LogP contribution is 2.02. The molecule has 0 saturated carbocycles. The van der Waals surface area contributed by atoms with E-state index in [1.807, 2.05) is 0 Å². The Hall–Kier alpha value is -0.160. The van der Waals surface area contributed by atoms with Gasteiger partial charge in [-0.25, -0.2) is 0 Å². The average molecular weight is 272 g/mol. The van der Waals surface area contributed by atoms with Crippen LogP contribution < -0.4 is 22.1 Å². The summed E-state index contributed by atoms with van der Waals surface area (Å²) in [7, 11) is 0. The summed E-state index contributed by atoms with van der Waals surface area (Å²) in [5.41, 5.74) is 11.1. The van der Waals surface area contributed by atoms with Crippen LogP contribution in [0.1, 0.15) is 46.0 Å². The monoisotopic (exact) mass is 272 g/mol. The summed E-state index contributed by atoms with van der Waals surface area (Å²) in [6, 6.07) is 0. The van der Waals surface area contributed by atoms with Crippen LogP contribution in [0.4, 0.5) is 0 Å². The summed E-state index contributed by atoms with van der Waals surface area (Å²) in [4.78, 5) is 0. The van der Waals surface area contributed by atoms with Gasteiger partial charge in [-0.3, -0.25) is 0 Å². The molecule has 0 aliphatic carbocycles. The predicted octanol–water partition coefficient (Wildman–Crippen LogP) is 1.31. The average Bonchev–Trinajstić information content (AvgIpc) is 2.43. The van der Waals surface area contributed by atoms with E-state index in [0.717, 1.165) is 39.3 Å². The lowest BCUT2D eigenvalue weighted by Gasteiger charge is -2.10. The van der Waals surface area contributed by atoms with E-state index in [0.29, 0.717) is 11.8 Å². The molecular formula is C15H36N4. The number of unbranched alkanes of at least 4 members (excludes halogenated alkanes) is 4. The summed E-state index contributed by atoms with van der Waals surface area (Å²) in [6.07, 6.45) is 6.60. The molecule has 0 heterocycles. The second-order valence-corrected chi connectivity index (χ2v) is 5.86. The third-order valence-corrected chi connectivity index (χ3v) is 3.50. The van der Waals surface area contributed by atoms with E-state index in [-0.39, 0.29) is 0 Å². The molecule has 0 aromatic heterocycles. The standard InChI is InChI=1S/C15H36N4/c1-14(10-16)12-18-8-6-4-3-5-7-9-19-13-15(2)11-17/h14-15,18-19H,3-13,16-17H2,1-2H3/t14-,15-/m0/s1. The molecule has 4 heteroatoms. The number of nitrogens with one attached hydrogen (secondary N) is 2. The first-order chi connectivity index (χ1) is 9.20. The smallest absolute Gasteiger partial charge is 0.00111 e. The van der Waals surface area contributed by atoms with Crippen molar-refractivity contribution in [3.63, 3.8) is 0 Å². The maximum atomic E-state index is 5.57. The van der Waals surface area contributed by atoms with Gasteiger partial charge in [0.25, 0.3) is 0 Å². The van der Waals surface area contributed by atoms with Gasteiger partial charge in [-0.2, -0.15) is 0 Å². The Balaban J connectivity index is 3.03. The lowest BCUT2D eigenvalue weighted by Crippen LogP contribution is -2.27. The molecule has 116 valence electrons. The molecule has 0 aliphatic rings. The molecule has 4 nitrogen and oxygen atoms in total. The fraction of sp³-hybridized carbons (Fsp3) is 1.00. The zero-order valence-corrected chi connectivity index (χ0v) is 13.1. The van der Waals surface area contributed by atoms with E-state index in [2.05, 4.69) is 24.5 Å². The van der Waals surface area contributed by atoms with Crippen molar-refractivity contribution < 1.29 is 0 Å². The van der Waals surface area contributed by atoms with Gasteiger partial charge in [-0.15, -0.1) is 0 Å². The van der Waals surface area contributed by atoms with E-state index in [9.17, 15) is 0 Å². The predicted molar refractivity (Wildman–Crippen MR) is 85.3 cm³/mol. The van der Waals surface area contributed by atoms with Crippen molar-refractivity contribution in [1.82, 2.24) is 10.6 Å². The topological polar surface area (TPSA) is 76.1 Å². The molecule has 0 radical (unpaired) electrons. The number of nitrogens with two attached hydrogens (primary N) is 2. The maximum absolute atomic E-state index is 5.57. The van der Waals surface area contributed by atoms with E-state index in [4.69, 9.17) is 11.5 Å². The Kier molecular flexibility index (Phi) is 14.1. The highest BCUT2D eigenvalue weighted by Gasteiger charge is 1.98. The van der Waals surface area contributed by atoms with Gasteiger partial charge in [-0.1, -0.05) is 33.1 Å². The molecule has 0 saturated heterocycles. The van der Waals surface area contributed by atoms with Crippen molar-refractivity contribution >= 4 is 0 Å². The first-order valence-corrected chi connectivity index (χ1v) is 8.02. The molecular weight excluding hydrogens is 236 g/mol. The van der Waals surface area contributed by atoms with Gasteiger partial charge >= 0.3 is 0 Å². The Morgan fingerprint density at radius 2 is 1.05 bits per heavy atom. The third-order valence-electron chi connectivity index (χ3n) is 3.50. The van der Waals surface area contributed by atoms with Crippen LogP contribution in [0.25, 0.3) is 0 Å². The molecule has 0 bridgehead atoms. The molecule has 2 atom stereocenters. The molecule has 0 fully saturated rings. The van der Waals surface area contributed by atoms with Gasteiger partial charge in [0.15, 0.2) is 0 Å². The van der Waals surface area contributed by atoms with Crippen molar-refractivity contribution in [3.8, 4) is 0 Å². The van der Waals surface area contributed by atoms with Gasteiger partial charge in [-0.05, 0) is 63.9 Å². The molecule has 0 aromatic rings.